The summed E-state index contributed by atoms with van der Waals surface area (Å²) >= 11 is 0. The van der Waals surface area contributed by atoms with E-state index >= 15 is 0 Å². The fourth-order valence-corrected chi connectivity index (χ4v) is 1.17. The Hall–Kier alpha value is -2.34. The van der Waals surface area contributed by atoms with Gasteiger partial charge in [0.25, 0.3) is 0 Å². The summed E-state index contributed by atoms with van der Waals surface area (Å²) in [5.41, 5.74) is 2.38. The van der Waals surface area contributed by atoms with E-state index in [1.54, 1.807) is 12.1 Å². The second-order valence-electron chi connectivity index (χ2n) is 3.29. The van der Waals surface area contributed by atoms with Crippen molar-refractivity contribution < 1.29 is 9.90 Å². The number of benzene rings is 1. The van der Waals surface area contributed by atoms with Crippen LogP contribution in [0.4, 0.5) is 0 Å². The molecule has 0 spiro atoms. The summed E-state index contributed by atoms with van der Waals surface area (Å²) in [6.45, 7) is 1.82. The summed E-state index contributed by atoms with van der Waals surface area (Å²) in [5.74, 6) is -0.965. The van der Waals surface area contributed by atoms with Crippen LogP contribution in [0.5, 0.6) is 0 Å². The number of hydrogen-bond donors (Lipinski definition) is 1. The molecule has 0 saturated heterocycles. The Morgan fingerprint density at radius 3 is 2.44 bits per heavy atom. The van der Waals surface area contributed by atoms with Gasteiger partial charge in [0.05, 0.1) is 11.6 Å². The van der Waals surface area contributed by atoms with E-state index in [2.05, 4.69) is 0 Å². The molecule has 0 heterocycles. The first-order valence-corrected chi connectivity index (χ1v) is 4.71. The van der Waals surface area contributed by atoms with Gasteiger partial charge in [0.15, 0.2) is 0 Å². The Bertz CT molecular complexity index is 476. The van der Waals surface area contributed by atoms with Crippen LogP contribution in [0.2, 0.25) is 0 Å². The Balaban J connectivity index is 2.82. The molecular weight excluding hydrogens is 202 g/mol. The van der Waals surface area contributed by atoms with Crippen molar-refractivity contribution in [3.05, 3.63) is 53.1 Å². The maximum absolute atomic E-state index is 10.3. The lowest BCUT2D eigenvalue weighted by Crippen LogP contribution is -1.85. The molecule has 1 rings (SSSR count). The predicted octanol–water partition coefficient (Wildman–Crippen LogP) is 2.60. The molecular formula is C13H11NO2. The van der Waals surface area contributed by atoms with Gasteiger partial charge in [-0.15, -0.1) is 0 Å². The molecule has 3 nitrogen and oxygen atoms in total. The molecule has 0 aliphatic carbocycles. The lowest BCUT2D eigenvalue weighted by Gasteiger charge is -1.95. The molecule has 0 saturated carbocycles. The number of nitriles is 1. The van der Waals surface area contributed by atoms with Crippen molar-refractivity contribution >= 4 is 12.0 Å². The smallest absolute Gasteiger partial charge is 0.328 e. The second kappa shape index (κ2) is 5.52. The summed E-state index contributed by atoms with van der Waals surface area (Å²) in [6.07, 6.45) is 4.47. The van der Waals surface area contributed by atoms with Crippen molar-refractivity contribution in [2.75, 3.05) is 0 Å². The molecule has 0 fully saturated rings. The van der Waals surface area contributed by atoms with Crippen molar-refractivity contribution in [1.82, 2.24) is 0 Å². The zero-order valence-corrected chi connectivity index (χ0v) is 8.84. The van der Waals surface area contributed by atoms with E-state index in [9.17, 15) is 4.79 Å². The molecule has 1 aromatic rings. The molecule has 1 N–H and O–H groups in total. The first-order valence-electron chi connectivity index (χ1n) is 4.71. The number of carboxylic acids is 1. The largest absolute Gasteiger partial charge is 0.478 e. The van der Waals surface area contributed by atoms with Crippen LogP contribution < -0.4 is 0 Å². The first-order chi connectivity index (χ1) is 7.61. The van der Waals surface area contributed by atoms with Gasteiger partial charge in [-0.25, -0.2) is 4.79 Å². The number of aliphatic carboxylic acids is 1. The second-order valence-corrected chi connectivity index (χ2v) is 3.29. The van der Waals surface area contributed by atoms with E-state index in [4.69, 9.17) is 10.4 Å². The highest BCUT2D eigenvalue weighted by atomic mass is 16.4. The molecule has 0 aliphatic rings. The maximum Gasteiger partial charge on any atom is 0.328 e. The van der Waals surface area contributed by atoms with Gasteiger partial charge < -0.3 is 5.11 Å². The molecule has 0 bridgehead atoms. The fraction of sp³-hybridized carbons (Fsp3) is 0.0769. The van der Waals surface area contributed by atoms with Gasteiger partial charge in [-0.1, -0.05) is 29.9 Å². The molecule has 0 atom stereocenters. The lowest BCUT2D eigenvalue weighted by atomic mass is 10.1. The first kappa shape index (κ1) is 11.7. The van der Waals surface area contributed by atoms with Crippen LogP contribution >= 0.6 is 0 Å². The Morgan fingerprint density at radius 2 is 1.94 bits per heavy atom. The Labute approximate surface area is 94.0 Å². The number of carbonyl (C=O) groups is 1. The number of allylic oxidation sites excluding steroid dienone is 2. The molecule has 0 aromatic heterocycles. The SMILES string of the molecule is CC(C=CC(=O)O)=Cc1ccc(C#N)cc1. The molecule has 0 aliphatic heterocycles. The van der Waals surface area contributed by atoms with E-state index < -0.39 is 5.97 Å². The number of rotatable bonds is 3. The van der Waals surface area contributed by atoms with Crippen molar-refractivity contribution in [2.45, 2.75) is 6.92 Å². The molecule has 0 radical (unpaired) electrons. The minimum atomic E-state index is -0.965. The fourth-order valence-electron chi connectivity index (χ4n) is 1.17. The third kappa shape index (κ3) is 3.81. The van der Waals surface area contributed by atoms with Gasteiger partial charge in [-0.05, 0) is 24.6 Å². The molecule has 16 heavy (non-hydrogen) atoms. The summed E-state index contributed by atoms with van der Waals surface area (Å²) in [4.78, 5) is 10.3. The van der Waals surface area contributed by atoms with E-state index in [0.717, 1.165) is 17.2 Å². The van der Waals surface area contributed by atoms with Crippen LogP contribution in [0.25, 0.3) is 6.08 Å². The van der Waals surface area contributed by atoms with Gasteiger partial charge >= 0.3 is 5.97 Å². The summed E-state index contributed by atoms with van der Waals surface area (Å²) in [7, 11) is 0. The Kier molecular flexibility index (Phi) is 4.05. The van der Waals surface area contributed by atoms with E-state index in [1.165, 1.54) is 6.08 Å². The average molecular weight is 213 g/mol. The summed E-state index contributed by atoms with van der Waals surface area (Å²) in [6, 6.07) is 9.11. The normalized spacial score (nSPS) is 11.4. The number of hydrogen-bond acceptors (Lipinski definition) is 2. The van der Waals surface area contributed by atoms with E-state index in [0.29, 0.717) is 5.56 Å². The van der Waals surface area contributed by atoms with Crippen molar-refractivity contribution in [2.24, 2.45) is 0 Å². The maximum atomic E-state index is 10.3. The van der Waals surface area contributed by atoms with Gasteiger partial charge in [-0.3, -0.25) is 0 Å². The molecule has 1 aromatic carbocycles. The van der Waals surface area contributed by atoms with E-state index in [-0.39, 0.29) is 0 Å². The van der Waals surface area contributed by atoms with E-state index in [1.807, 2.05) is 31.2 Å². The summed E-state index contributed by atoms with van der Waals surface area (Å²) < 4.78 is 0. The van der Waals surface area contributed by atoms with Crippen molar-refractivity contribution in [3.63, 3.8) is 0 Å². The van der Waals surface area contributed by atoms with Gasteiger partial charge in [0, 0.05) is 6.08 Å². The van der Waals surface area contributed by atoms with Crippen LogP contribution in [-0.4, -0.2) is 11.1 Å². The number of carboxylic acid groups (broad SMARTS) is 1. The molecule has 3 heteroatoms. The Morgan fingerprint density at radius 1 is 1.31 bits per heavy atom. The molecule has 0 amide bonds. The van der Waals surface area contributed by atoms with Gasteiger partial charge in [0.2, 0.25) is 0 Å². The zero-order valence-electron chi connectivity index (χ0n) is 8.84. The van der Waals surface area contributed by atoms with Crippen LogP contribution in [0.3, 0.4) is 0 Å². The van der Waals surface area contributed by atoms with Crippen molar-refractivity contribution in [1.29, 1.82) is 5.26 Å². The minimum absolute atomic E-state index is 0.607. The van der Waals surface area contributed by atoms with Crippen LogP contribution in [0.15, 0.2) is 42.0 Å². The highest BCUT2D eigenvalue weighted by molar-refractivity contribution is 5.80. The minimum Gasteiger partial charge on any atom is -0.478 e. The average Bonchev–Trinajstić information content (AvgIpc) is 2.27. The topological polar surface area (TPSA) is 61.1 Å². The van der Waals surface area contributed by atoms with Crippen LogP contribution in [0, 0.1) is 11.3 Å². The zero-order chi connectivity index (χ0) is 12.0. The third-order valence-electron chi connectivity index (χ3n) is 1.92. The number of nitrogens with zero attached hydrogens (tertiary/aromatic N) is 1. The summed E-state index contributed by atoms with van der Waals surface area (Å²) in [5, 5.41) is 17.1. The van der Waals surface area contributed by atoms with Crippen LogP contribution in [0.1, 0.15) is 18.1 Å². The van der Waals surface area contributed by atoms with Crippen molar-refractivity contribution in [3.8, 4) is 6.07 Å². The molecule has 0 unspecified atom stereocenters. The highest BCUT2D eigenvalue weighted by Gasteiger charge is 1.91. The molecule has 80 valence electrons. The standard InChI is InChI=1S/C13H11NO2/c1-10(2-7-13(15)16)8-11-3-5-12(9-14)6-4-11/h2-8H,1H3,(H,15,16). The quantitative estimate of drug-likeness (QED) is 0.620. The predicted molar refractivity (Wildman–Crippen MR) is 61.6 cm³/mol. The van der Waals surface area contributed by atoms with Gasteiger partial charge in [0.1, 0.15) is 0 Å². The third-order valence-corrected chi connectivity index (χ3v) is 1.92. The monoisotopic (exact) mass is 213 g/mol. The van der Waals surface area contributed by atoms with Gasteiger partial charge in [-0.2, -0.15) is 5.26 Å². The lowest BCUT2D eigenvalue weighted by molar-refractivity contribution is -0.131. The van der Waals surface area contributed by atoms with Crippen LogP contribution in [-0.2, 0) is 4.79 Å². The highest BCUT2D eigenvalue weighted by Crippen LogP contribution is 2.09.